The number of pyridine rings is 1. The Morgan fingerprint density at radius 1 is 1.38 bits per heavy atom. The summed E-state index contributed by atoms with van der Waals surface area (Å²) in [6.45, 7) is 6.93. The molecule has 0 atom stereocenters. The number of piperidine rings is 1. The normalized spacial score (nSPS) is 19.2. The molecule has 2 nitrogen and oxygen atoms in total. The Morgan fingerprint density at radius 3 is 2.62 bits per heavy atom. The molecule has 0 saturated carbocycles. The molecule has 0 radical (unpaired) electrons. The van der Waals surface area contributed by atoms with Gasteiger partial charge in [0.05, 0.1) is 0 Å². The van der Waals surface area contributed by atoms with Crippen molar-refractivity contribution in [2.75, 3.05) is 13.1 Å². The molecule has 88 valence electrons. The highest BCUT2D eigenvalue weighted by Crippen LogP contribution is 2.29. The lowest BCUT2D eigenvalue weighted by Crippen LogP contribution is -2.37. The highest BCUT2D eigenvalue weighted by Gasteiger charge is 2.21. The molecule has 3 heteroatoms. The number of hydrogen-bond acceptors (Lipinski definition) is 2. The SMILES string of the molecule is CC(C)N1CCC(c2ccnc(Cl)c2)CC1. The molecule has 1 aliphatic rings. The van der Waals surface area contributed by atoms with Gasteiger partial charge in [0.2, 0.25) is 0 Å². The Morgan fingerprint density at radius 2 is 2.06 bits per heavy atom. The van der Waals surface area contributed by atoms with E-state index in [9.17, 15) is 0 Å². The van der Waals surface area contributed by atoms with Gasteiger partial charge in [-0.3, -0.25) is 0 Å². The van der Waals surface area contributed by atoms with Gasteiger partial charge in [0.25, 0.3) is 0 Å². The van der Waals surface area contributed by atoms with Crippen LogP contribution in [0.2, 0.25) is 5.15 Å². The number of halogens is 1. The Balaban J connectivity index is 1.99. The summed E-state index contributed by atoms with van der Waals surface area (Å²) < 4.78 is 0. The van der Waals surface area contributed by atoms with Gasteiger partial charge in [-0.05, 0) is 63.4 Å². The summed E-state index contributed by atoms with van der Waals surface area (Å²) in [5.41, 5.74) is 1.35. The zero-order valence-corrected chi connectivity index (χ0v) is 10.7. The lowest BCUT2D eigenvalue weighted by Gasteiger charge is -2.34. The quantitative estimate of drug-likeness (QED) is 0.735. The Kier molecular flexibility index (Phi) is 3.82. The average molecular weight is 239 g/mol. The standard InChI is InChI=1S/C13H19ClN2/c1-10(2)16-7-4-11(5-8-16)12-3-6-15-13(14)9-12/h3,6,9-11H,4-5,7-8H2,1-2H3. The molecule has 0 unspecified atom stereocenters. The molecule has 1 aromatic heterocycles. The first-order chi connectivity index (χ1) is 7.66. The van der Waals surface area contributed by atoms with Crippen LogP contribution in [0.5, 0.6) is 0 Å². The maximum absolute atomic E-state index is 5.92. The maximum Gasteiger partial charge on any atom is 0.129 e. The first kappa shape index (κ1) is 11.9. The van der Waals surface area contributed by atoms with Crippen molar-refractivity contribution in [3.05, 3.63) is 29.0 Å². The largest absolute Gasteiger partial charge is 0.301 e. The topological polar surface area (TPSA) is 16.1 Å². The summed E-state index contributed by atoms with van der Waals surface area (Å²) >= 11 is 5.92. The average Bonchev–Trinajstić information content (AvgIpc) is 2.29. The van der Waals surface area contributed by atoms with Crippen molar-refractivity contribution in [1.82, 2.24) is 9.88 Å². The van der Waals surface area contributed by atoms with Gasteiger partial charge in [-0.25, -0.2) is 4.98 Å². The second kappa shape index (κ2) is 5.15. The van der Waals surface area contributed by atoms with E-state index in [2.05, 4.69) is 29.8 Å². The van der Waals surface area contributed by atoms with Crippen LogP contribution in [0.1, 0.15) is 38.2 Å². The molecule has 0 aromatic carbocycles. The smallest absolute Gasteiger partial charge is 0.129 e. The van der Waals surface area contributed by atoms with Gasteiger partial charge in [0.1, 0.15) is 5.15 Å². The predicted molar refractivity (Wildman–Crippen MR) is 67.9 cm³/mol. The highest BCUT2D eigenvalue weighted by atomic mass is 35.5. The molecule has 1 saturated heterocycles. The third-order valence-electron chi connectivity index (χ3n) is 3.48. The monoisotopic (exact) mass is 238 g/mol. The minimum Gasteiger partial charge on any atom is -0.301 e. The fourth-order valence-corrected chi connectivity index (χ4v) is 2.60. The molecule has 1 fully saturated rings. The first-order valence-corrected chi connectivity index (χ1v) is 6.40. The van der Waals surface area contributed by atoms with Gasteiger partial charge in [0.15, 0.2) is 0 Å². The van der Waals surface area contributed by atoms with E-state index < -0.39 is 0 Å². The van der Waals surface area contributed by atoms with Crippen molar-refractivity contribution in [3.63, 3.8) is 0 Å². The summed E-state index contributed by atoms with van der Waals surface area (Å²) in [5, 5.41) is 0.615. The Hall–Kier alpha value is -0.600. The number of aromatic nitrogens is 1. The van der Waals surface area contributed by atoms with Gasteiger partial charge in [-0.15, -0.1) is 0 Å². The summed E-state index contributed by atoms with van der Waals surface area (Å²) in [6.07, 6.45) is 4.28. The minimum absolute atomic E-state index is 0.615. The number of hydrogen-bond donors (Lipinski definition) is 0. The third-order valence-corrected chi connectivity index (χ3v) is 3.69. The predicted octanol–water partition coefficient (Wildman–Crippen LogP) is 3.32. The van der Waals surface area contributed by atoms with Crippen LogP contribution in [-0.4, -0.2) is 29.0 Å². The van der Waals surface area contributed by atoms with Crippen molar-refractivity contribution in [3.8, 4) is 0 Å². The van der Waals surface area contributed by atoms with Crippen LogP contribution in [0, 0.1) is 0 Å². The highest BCUT2D eigenvalue weighted by molar-refractivity contribution is 6.29. The van der Waals surface area contributed by atoms with Crippen LogP contribution in [0.15, 0.2) is 18.3 Å². The number of nitrogens with zero attached hydrogens (tertiary/aromatic N) is 2. The summed E-state index contributed by atoms with van der Waals surface area (Å²) in [6, 6.07) is 4.78. The van der Waals surface area contributed by atoms with Crippen molar-refractivity contribution in [1.29, 1.82) is 0 Å². The van der Waals surface area contributed by atoms with E-state index in [4.69, 9.17) is 11.6 Å². The van der Waals surface area contributed by atoms with E-state index in [-0.39, 0.29) is 0 Å². The zero-order chi connectivity index (χ0) is 11.5. The van der Waals surface area contributed by atoms with Crippen molar-refractivity contribution >= 4 is 11.6 Å². The lowest BCUT2D eigenvalue weighted by molar-refractivity contribution is 0.172. The first-order valence-electron chi connectivity index (χ1n) is 6.02. The van der Waals surface area contributed by atoms with E-state index in [0.717, 1.165) is 0 Å². The van der Waals surface area contributed by atoms with Crippen LogP contribution in [0.25, 0.3) is 0 Å². The molecule has 0 amide bonds. The van der Waals surface area contributed by atoms with Gasteiger partial charge in [-0.1, -0.05) is 11.6 Å². The molecule has 2 heterocycles. The van der Waals surface area contributed by atoms with Gasteiger partial charge < -0.3 is 4.90 Å². The van der Waals surface area contributed by atoms with Crippen LogP contribution >= 0.6 is 11.6 Å². The molecular weight excluding hydrogens is 220 g/mol. The number of rotatable bonds is 2. The molecule has 0 aliphatic carbocycles. The van der Waals surface area contributed by atoms with E-state index in [1.807, 2.05) is 12.3 Å². The van der Waals surface area contributed by atoms with E-state index >= 15 is 0 Å². The van der Waals surface area contributed by atoms with E-state index in [1.165, 1.54) is 31.5 Å². The van der Waals surface area contributed by atoms with Gasteiger partial charge in [0, 0.05) is 12.2 Å². The lowest BCUT2D eigenvalue weighted by atomic mass is 9.90. The van der Waals surface area contributed by atoms with Crippen molar-refractivity contribution in [2.24, 2.45) is 0 Å². The fourth-order valence-electron chi connectivity index (χ4n) is 2.42. The molecule has 1 aromatic rings. The molecule has 1 aliphatic heterocycles. The number of likely N-dealkylation sites (tertiary alicyclic amines) is 1. The molecule has 0 N–H and O–H groups in total. The molecule has 0 bridgehead atoms. The van der Waals surface area contributed by atoms with Crippen LogP contribution in [-0.2, 0) is 0 Å². The van der Waals surface area contributed by atoms with Crippen LogP contribution < -0.4 is 0 Å². The van der Waals surface area contributed by atoms with E-state index in [0.29, 0.717) is 17.1 Å². The van der Waals surface area contributed by atoms with Crippen LogP contribution in [0.3, 0.4) is 0 Å². The summed E-state index contributed by atoms with van der Waals surface area (Å²) in [4.78, 5) is 6.57. The second-order valence-corrected chi connectivity index (χ2v) is 5.20. The van der Waals surface area contributed by atoms with Crippen molar-refractivity contribution < 1.29 is 0 Å². The molecule has 0 spiro atoms. The van der Waals surface area contributed by atoms with E-state index in [1.54, 1.807) is 0 Å². The van der Waals surface area contributed by atoms with Gasteiger partial charge in [-0.2, -0.15) is 0 Å². The van der Waals surface area contributed by atoms with Crippen LogP contribution in [0.4, 0.5) is 0 Å². The molecule has 2 rings (SSSR count). The molecular formula is C13H19ClN2. The maximum atomic E-state index is 5.92. The Bertz CT molecular complexity index is 344. The minimum atomic E-state index is 0.615. The zero-order valence-electron chi connectivity index (χ0n) is 9.99. The summed E-state index contributed by atoms with van der Waals surface area (Å²) in [5.74, 6) is 0.662. The summed E-state index contributed by atoms with van der Waals surface area (Å²) in [7, 11) is 0. The van der Waals surface area contributed by atoms with Crippen molar-refractivity contribution in [2.45, 2.75) is 38.6 Å². The third kappa shape index (κ3) is 2.74. The Labute approximate surface area is 103 Å². The fraction of sp³-hybridized carbons (Fsp3) is 0.615. The molecule has 16 heavy (non-hydrogen) atoms. The second-order valence-electron chi connectivity index (χ2n) is 4.82. The van der Waals surface area contributed by atoms with Gasteiger partial charge >= 0.3 is 0 Å².